The van der Waals surface area contributed by atoms with E-state index in [4.69, 9.17) is 4.74 Å². The number of para-hydroxylation sites is 2. The van der Waals surface area contributed by atoms with Gasteiger partial charge >= 0.3 is 5.97 Å². The highest BCUT2D eigenvalue weighted by atomic mass is 16.6. The molecule has 162 valence electrons. The first kappa shape index (κ1) is 21.7. The Morgan fingerprint density at radius 2 is 2.00 bits per heavy atom. The van der Waals surface area contributed by atoms with Crippen molar-refractivity contribution in [2.75, 3.05) is 18.5 Å². The van der Waals surface area contributed by atoms with Gasteiger partial charge in [0, 0.05) is 25.1 Å². The molecule has 2 aliphatic rings. The fraction of sp³-hybridized carbons (Fsp3) is 0.571. The van der Waals surface area contributed by atoms with Gasteiger partial charge < -0.3 is 15.0 Å². The maximum atomic E-state index is 12.5. The number of rotatable bonds is 6. The van der Waals surface area contributed by atoms with Crippen LogP contribution in [0.2, 0.25) is 0 Å². The first-order chi connectivity index (χ1) is 14.3. The zero-order chi connectivity index (χ0) is 21.8. The van der Waals surface area contributed by atoms with Gasteiger partial charge in [-0.2, -0.15) is 0 Å². The Hall–Kier alpha value is -2.97. The number of nitrogens with one attached hydrogen (secondary N) is 1. The monoisotopic (exact) mass is 417 g/mol. The van der Waals surface area contributed by atoms with Crippen LogP contribution in [0.25, 0.3) is 0 Å². The molecule has 0 radical (unpaired) electrons. The van der Waals surface area contributed by atoms with Crippen molar-refractivity contribution in [3.63, 3.8) is 0 Å². The summed E-state index contributed by atoms with van der Waals surface area (Å²) in [7, 11) is 0. The van der Waals surface area contributed by atoms with Gasteiger partial charge in [-0.3, -0.25) is 24.5 Å². The molecule has 1 saturated carbocycles. The molecule has 1 aromatic carbocycles. The summed E-state index contributed by atoms with van der Waals surface area (Å²) in [5, 5.41) is 13.4. The van der Waals surface area contributed by atoms with E-state index in [1.165, 1.54) is 18.2 Å². The lowest BCUT2D eigenvalue weighted by Crippen LogP contribution is -2.45. The van der Waals surface area contributed by atoms with Gasteiger partial charge in [-0.05, 0) is 24.3 Å². The number of benzene rings is 1. The summed E-state index contributed by atoms with van der Waals surface area (Å²) in [4.78, 5) is 49.2. The lowest BCUT2D eigenvalue weighted by molar-refractivity contribution is -0.383. The molecule has 1 N–H and O–H groups in total. The Morgan fingerprint density at radius 3 is 2.73 bits per heavy atom. The molecule has 1 aliphatic heterocycles. The lowest BCUT2D eigenvalue weighted by Gasteiger charge is -2.39. The highest BCUT2D eigenvalue weighted by molar-refractivity contribution is 5.95. The Kier molecular flexibility index (Phi) is 6.69. The van der Waals surface area contributed by atoms with Crippen LogP contribution in [0.4, 0.5) is 11.4 Å². The van der Waals surface area contributed by atoms with Gasteiger partial charge in [0.15, 0.2) is 6.61 Å². The second-order valence-corrected chi connectivity index (χ2v) is 8.21. The Balaban J connectivity index is 1.52. The molecule has 2 fully saturated rings. The molecule has 1 heterocycles. The van der Waals surface area contributed by atoms with E-state index in [1.54, 1.807) is 11.0 Å². The molecule has 3 rings (SSSR count). The van der Waals surface area contributed by atoms with Crippen LogP contribution in [0.5, 0.6) is 0 Å². The average molecular weight is 417 g/mol. The zero-order valence-electron chi connectivity index (χ0n) is 17.2. The van der Waals surface area contributed by atoms with Gasteiger partial charge in [0.1, 0.15) is 5.69 Å². The van der Waals surface area contributed by atoms with Gasteiger partial charge in [0.05, 0.1) is 10.8 Å². The van der Waals surface area contributed by atoms with E-state index in [0.717, 1.165) is 19.3 Å². The van der Waals surface area contributed by atoms with E-state index in [2.05, 4.69) is 19.2 Å². The summed E-state index contributed by atoms with van der Waals surface area (Å²) in [5.41, 5.74) is -0.212. The largest absolute Gasteiger partial charge is 0.455 e. The number of ether oxygens (including phenoxy) is 1. The standard InChI is InChI=1S/C21H27N3O6/c1-13-6-5-9-17(14(13)2)23-11-15(10-20(23)26)21(27)30-12-19(25)22-16-7-3-4-8-18(16)24(28)29/h3-4,7-8,13-15,17H,5-6,9-12H2,1-2H3,(H,22,25)/t13-,14-,15-,17+/m1/s1. The second-order valence-electron chi connectivity index (χ2n) is 8.21. The van der Waals surface area contributed by atoms with Gasteiger partial charge in [-0.1, -0.05) is 38.8 Å². The number of hydrogen-bond acceptors (Lipinski definition) is 6. The third-order valence-corrected chi connectivity index (χ3v) is 6.28. The molecule has 1 aliphatic carbocycles. The molecule has 9 heteroatoms. The SMILES string of the molecule is C[C@@H]1[C@H](C)CCC[C@@H]1N1C[C@H](C(=O)OCC(=O)Nc2ccccc2[N+](=O)[O-])CC1=O. The summed E-state index contributed by atoms with van der Waals surface area (Å²) in [6.45, 7) is 4.09. The molecular formula is C21H27N3O6. The van der Waals surface area contributed by atoms with Crippen LogP contribution < -0.4 is 5.32 Å². The third-order valence-electron chi connectivity index (χ3n) is 6.28. The number of nitro groups is 1. The van der Waals surface area contributed by atoms with E-state index >= 15 is 0 Å². The molecule has 2 amide bonds. The van der Waals surface area contributed by atoms with Gasteiger partial charge in [0.2, 0.25) is 5.91 Å². The molecule has 0 bridgehead atoms. The van der Waals surface area contributed by atoms with Crippen LogP contribution >= 0.6 is 0 Å². The van der Waals surface area contributed by atoms with Crippen LogP contribution in [-0.2, 0) is 19.1 Å². The topological polar surface area (TPSA) is 119 Å². The van der Waals surface area contributed by atoms with Crippen molar-refractivity contribution in [1.29, 1.82) is 0 Å². The van der Waals surface area contributed by atoms with E-state index in [1.807, 2.05) is 0 Å². The van der Waals surface area contributed by atoms with E-state index in [0.29, 0.717) is 18.4 Å². The molecule has 0 unspecified atom stereocenters. The minimum absolute atomic E-state index is 0.0335. The minimum atomic E-state index is -0.673. The zero-order valence-corrected chi connectivity index (χ0v) is 17.2. The third kappa shape index (κ3) is 4.77. The normalized spacial score (nSPS) is 26.3. The number of anilines is 1. The van der Waals surface area contributed by atoms with Gasteiger partial charge in [-0.25, -0.2) is 0 Å². The number of amides is 2. The van der Waals surface area contributed by atoms with Crippen molar-refractivity contribution in [3.05, 3.63) is 34.4 Å². The summed E-state index contributed by atoms with van der Waals surface area (Å²) < 4.78 is 5.09. The lowest BCUT2D eigenvalue weighted by atomic mass is 9.77. The van der Waals surface area contributed by atoms with Crippen LogP contribution in [-0.4, -0.2) is 46.8 Å². The smallest absolute Gasteiger partial charge is 0.311 e. The van der Waals surface area contributed by atoms with Gasteiger partial charge in [-0.15, -0.1) is 0 Å². The van der Waals surface area contributed by atoms with E-state index < -0.39 is 29.3 Å². The molecule has 30 heavy (non-hydrogen) atoms. The Labute approximate surface area is 174 Å². The second kappa shape index (κ2) is 9.23. The molecule has 4 atom stereocenters. The quantitative estimate of drug-likeness (QED) is 0.432. The van der Waals surface area contributed by atoms with E-state index in [-0.39, 0.29) is 29.7 Å². The van der Waals surface area contributed by atoms with E-state index in [9.17, 15) is 24.5 Å². The molecular weight excluding hydrogens is 390 g/mol. The van der Waals surface area contributed by atoms with Crippen molar-refractivity contribution in [2.45, 2.75) is 45.6 Å². The fourth-order valence-corrected chi connectivity index (χ4v) is 4.38. The number of nitro benzene ring substituents is 1. The predicted octanol–water partition coefficient (Wildman–Crippen LogP) is 2.75. The first-order valence-electron chi connectivity index (χ1n) is 10.3. The summed E-state index contributed by atoms with van der Waals surface area (Å²) in [5.74, 6) is -1.00. The van der Waals surface area contributed by atoms with Crippen LogP contribution in [0, 0.1) is 27.9 Å². The number of nitrogens with zero attached hydrogens (tertiary/aromatic N) is 2. The number of hydrogen-bond donors (Lipinski definition) is 1. The predicted molar refractivity (Wildman–Crippen MR) is 108 cm³/mol. The van der Waals surface area contributed by atoms with Crippen molar-refractivity contribution >= 4 is 29.2 Å². The van der Waals surface area contributed by atoms with Crippen molar-refractivity contribution in [1.82, 2.24) is 4.90 Å². The number of likely N-dealkylation sites (tertiary alicyclic amines) is 1. The maximum absolute atomic E-state index is 12.5. The highest BCUT2D eigenvalue weighted by Gasteiger charge is 2.42. The summed E-state index contributed by atoms with van der Waals surface area (Å²) in [6, 6.07) is 5.86. The first-order valence-corrected chi connectivity index (χ1v) is 10.3. The fourth-order valence-electron chi connectivity index (χ4n) is 4.38. The molecule has 0 aromatic heterocycles. The van der Waals surface area contributed by atoms with Crippen LogP contribution in [0.3, 0.4) is 0 Å². The number of carbonyl (C=O) groups is 3. The van der Waals surface area contributed by atoms with Crippen LogP contribution in [0.1, 0.15) is 39.5 Å². The summed E-state index contributed by atoms with van der Waals surface area (Å²) >= 11 is 0. The maximum Gasteiger partial charge on any atom is 0.311 e. The van der Waals surface area contributed by atoms with Crippen molar-refractivity contribution in [2.24, 2.45) is 17.8 Å². The highest BCUT2D eigenvalue weighted by Crippen LogP contribution is 2.36. The van der Waals surface area contributed by atoms with Gasteiger partial charge in [0.25, 0.3) is 11.6 Å². The Bertz CT molecular complexity index is 842. The van der Waals surface area contributed by atoms with Crippen molar-refractivity contribution in [3.8, 4) is 0 Å². The molecule has 1 aromatic rings. The molecule has 1 saturated heterocycles. The van der Waals surface area contributed by atoms with Crippen molar-refractivity contribution < 1.29 is 24.0 Å². The summed E-state index contributed by atoms with van der Waals surface area (Å²) in [6.07, 6.45) is 3.25. The minimum Gasteiger partial charge on any atom is -0.455 e. The molecule has 9 nitrogen and oxygen atoms in total. The number of carbonyl (C=O) groups excluding carboxylic acids is 3. The van der Waals surface area contributed by atoms with Crippen LogP contribution in [0.15, 0.2) is 24.3 Å². The average Bonchev–Trinajstić information content (AvgIpc) is 3.10. The Morgan fingerprint density at radius 1 is 1.27 bits per heavy atom. The number of esters is 1. The molecule has 0 spiro atoms.